The molecule has 0 N–H and O–H groups in total. The molecule has 0 aliphatic carbocycles. The molecule has 0 spiro atoms. The average Bonchev–Trinajstić information content (AvgIpc) is 2.25. The maximum absolute atomic E-state index is 4.08. The standard InChI is InChI=1S/C14H24.C2H6/c1-11(2)7-9-13(5)14(6)10-8-12(3)4;1-2/h7,9,12,14H,1,5,8,10H2,2-4,6H3;1-2H3/b9-7-;. The van der Waals surface area contributed by atoms with Crippen LogP contribution in [0.4, 0.5) is 0 Å². The summed E-state index contributed by atoms with van der Waals surface area (Å²) < 4.78 is 0. The Labute approximate surface area is 103 Å². The van der Waals surface area contributed by atoms with Crippen molar-refractivity contribution in [2.24, 2.45) is 11.8 Å². The van der Waals surface area contributed by atoms with Crippen molar-refractivity contribution < 1.29 is 0 Å². The Bertz CT molecular complexity index is 218. The lowest BCUT2D eigenvalue weighted by Crippen LogP contribution is -1.99. The van der Waals surface area contributed by atoms with Crippen LogP contribution in [0.5, 0.6) is 0 Å². The molecule has 0 aliphatic heterocycles. The van der Waals surface area contributed by atoms with Crippen molar-refractivity contribution in [3.8, 4) is 0 Å². The third-order valence-electron chi connectivity index (χ3n) is 2.39. The fourth-order valence-corrected chi connectivity index (χ4v) is 1.18. The summed E-state index contributed by atoms with van der Waals surface area (Å²) in [4.78, 5) is 0. The largest absolute Gasteiger partial charge is 0.0961 e. The fourth-order valence-electron chi connectivity index (χ4n) is 1.18. The van der Waals surface area contributed by atoms with Gasteiger partial charge < -0.3 is 0 Å². The highest BCUT2D eigenvalue weighted by Gasteiger charge is 2.04. The Morgan fingerprint density at radius 3 is 1.88 bits per heavy atom. The van der Waals surface area contributed by atoms with Gasteiger partial charge in [-0.15, -0.1) is 0 Å². The number of allylic oxidation sites excluding steroid dienone is 4. The molecule has 0 aliphatic rings. The van der Waals surface area contributed by atoms with Crippen molar-refractivity contribution in [1.29, 1.82) is 0 Å². The first-order chi connectivity index (χ1) is 7.43. The SMILES string of the molecule is C=C(C)/C=C\C(=C)C(C)CCC(C)C.CC. The summed E-state index contributed by atoms with van der Waals surface area (Å²) in [6.45, 7) is 20.7. The monoisotopic (exact) mass is 222 g/mol. The van der Waals surface area contributed by atoms with Crippen LogP contribution in [-0.2, 0) is 0 Å². The van der Waals surface area contributed by atoms with Crippen LogP contribution < -0.4 is 0 Å². The van der Waals surface area contributed by atoms with Gasteiger partial charge in [0.2, 0.25) is 0 Å². The first kappa shape index (κ1) is 17.6. The Morgan fingerprint density at radius 2 is 1.50 bits per heavy atom. The van der Waals surface area contributed by atoms with E-state index in [1.807, 2.05) is 26.8 Å². The zero-order valence-corrected chi connectivity index (χ0v) is 12.1. The van der Waals surface area contributed by atoms with Gasteiger partial charge in [-0.2, -0.15) is 0 Å². The summed E-state index contributed by atoms with van der Waals surface area (Å²) in [5, 5.41) is 0. The first-order valence-electron chi connectivity index (χ1n) is 6.46. The minimum atomic E-state index is 0.591. The maximum atomic E-state index is 4.08. The summed E-state index contributed by atoms with van der Waals surface area (Å²) in [6, 6.07) is 0. The second-order valence-corrected chi connectivity index (χ2v) is 4.63. The van der Waals surface area contributed by atoms with Gasteiger partial charge in [0.25, 0.3) is 0 Å². The summed E-state index contributed by atoms with van der Waals surface area (Å²) in [5.74, 6) is 1.38. The van der Waals surface area contributed by atoms with E-state index >= 15 is 0 Å². The van der Waals surface area contributed by atoms with E-state index in [-0.39, 0.29) is 0 Å². The molecule has 1 atom stereocenters. The van der Waals surface area contributed by atoms with Crippen LogP contribution >= 0.6 is 0 Å². The van der Waals surface area contributed by atoms with Gasteiger partial charge in [-0.25, -0.2) is 0 Å². The van der Waals surface area contributed by atoms with E-state index < -0.39 is 0 Å². The second-order valence-electron chi connectivity index (χ2n) is 4.63. The predicted octanol–water partition coefficient (Wildman–Crippen LogP) is 5.77. The quantitative estimate of drug-likeness (QED) is 0.500. The molecule has 0 heterocycles. The highest BCUT2D eigenvalue weighted by molar-refractivity contribution is 5.24. The predicted molar refractivity (Wildman–Crippen MR) is 77.7 cm³/mol. The van der Waals surface area contributed by atoms with Gasteiger partial charge in [-0.1, -0.05) is 77.5 Å². The maximum Gasteiger partial charge on any atom is -0.0196 e. The Kier molecular flexibility index (Phi) is 11.8. The van der Waals surface area contributed by atoms with E-state index in [2.05, 4.69) is 40.0 Å². The molecular weight excluding hydrogens is 192 g/mol. The molecule has 0 fully saturated rings. The highest BCUT2D eigenvalue weighted by Crippen LogP contribution is 2.19. The van der Waals surface area contributed by atoms with Gasteiger partial charge in [-0.3, -0.25) is 0 Å². The van der Waals surface area contributed by atoms with Crippen LogP contribution in [0.1, 0.15) is 54.4 Å². The van der Waals surface area contributed by atoms with E-state index in [1.54, 1.807) is 0 Å². The molecule has 0 bridgehead atoms. The second kappa shape index (κ2) is 10.7. The van der Waals surface area contributed by atoms with Crippen molar-refractivity contribution >= 4 is 0 Å². The molecule has 0 rings (SSSR count). The van der Waals surface area contributed by atoms with Crippen molar-refractivity contribution in [3.05, 3.63) is 36.5 Å². The normalized spacial score (nSPS) is 12.2. The lowest BCUT2D eigenvalue weighted by molar-refractivity contribution is 0.494. The van der Waals surface area contributed by atoms with E-state index in [9.17, 15) is 0 Å². The number of rotatable bonds is 6. The summed E-state index contributed by atoms with van der Waals surface area (Å²) in [5.41, 5.74) is 2.30. The zero-order chi connectivity index (χ0) is 13.1. The molecule has 16 heavy (non-hydrogen) atoms. The molecule has 0 aromatic rings. The van der Waals surface area contributed by atoms with Crippen molar-refractivity contribution in [2.75, 3.05) is 0 Å². The van der Waals surface area contributed by atoms with E-state index in [0.717, 1.165) is 11.5 Å². The third kappa shape index (κ3) is 11.3. The first-order valence-corrected chi connectivity index (χ1v) is 6.46. The number of hydrogen-bond donors (Lipinski definition) is 0. The van der Waals surface area contributed by atoms with Crippen LogP contribution in [0.15, 0.2) is 36.5 Å². The molecule has 0 saturated heterocycles. The summed E-state index contributed by atoms with van der Waals surface area (Å²) >= 11 is 0. The third-order valence-corrected chi connectivity index (χ3v) is 2.39. The Morgan fingerprint density at radius 1 is 1.00 bits per heavy atom. The molecule has 0 saturated carbocycles. The van der Waals surface area contributed by atoms with E-state index in [4.69, 9.17) is 0 Å². The van der Waals surface area contributed by atoms with Crippen LogP contribution in [0, 0.1) is 11.8 Å². The van der Waals surface area contributed by atoms with Gasteiger partial charge in [0.05, 0.1) is 0 Å². The molecule has 94 valence electrons. The Balaban J connectivity index is 0. The lowest BCUT2D eigenvalue weighted by atomic mass is 9.93. The smallest absolute Gasteiger partial charge is 0.0196 e. The minimum absolute atomic E-state index is 0.591. The van der Waals surface area contributed by atoms with Gasteiger partial charge in [0.15, 0.2) is 0 Å². The van der Waals surface area contributed by atoms with Gasteiger partial charge in [-0.05, 0) is 25.2 Å². The van der Waals surface area contributed by atoms with E-state index in [1.165, 1.54) is 18.4 Å². The van der Waals surface area contributed by atoms with Crippen LogP contribution in [0.25, 0.3) is 0 Å². The summed E-state index contributed by atoms with van der Waals surface area (Å²) in [6.07, 6.45) is 6.64. The molecule has 0 amide bonds. The van der Waals surface area contributed by atoms with Gasteiger partial charge in [0, 0.05) is 0 Å². The molecule has 0 aromatic carbocycles. The molecule has 0 heteroatoms. The lowest BCUT2D eigenvalue weighted by Gasteiger charge is -2.13. The molecule has 0 nitrogen and oxygen atoms in total. The van der Waals surface area contributed by atoms with Crippen molar-refractivity contribution in [3.63, 3.8) is 0 Å². The highest BCUT2D eigenvalue weighted by atomic mass is 14.1. The Hall–Kier alpha value is -0.780. The van der Waals surface area contributed by atoms with E-state index in [0.29, 0.717) is 5.92 Å². The summed E-state index contributed by atoms with van der Waals surface area (Å²) in [7, 11) is 0. The van der Waals surface area contributed by atoms with Gasteiger partial charge >= 0.3 is 0 Å². The molecule has 0 radical (unpaired) electrons. The minimum Gasteiger partial charge on any atom is -0.0961 e. The number of hydrogen-bond acceptors (Lipinski definition) is 0. The fraction of sp³-hybridized carbons (Fsp3) is 0.625. The van der Waals surface area contributed by atoms with Crippen LogP contribution in [-0.4, -0.2) is 0 Å². The average molecular weight is 222 g/mol. The van der Waals surface area contributed by atoms with Crippen LogP contribution in [0.3, 0.4) is 0 Å². The van der Waals surface area contributed by atoms with Crippen LogP contribution in [0.2, 0.25) is 0 Å². The van der Waals surface area contributed by atoms with Crippen molar-refractivity contribution in [1.82, 2.24) is 0 Å². The molecule has 1 unspecified atom stereocenters. The zero-order valence-electron chi connectivity index (χ0n) is 12.1. The van der Waals surface area contributed by atoms with Gasteiger partial charge in [0.1, 0.15) is 0 Å². The van der Waals surface area contributed by atoms with Crippen molar-refractivity contribution in [2.45, 2.75) is 54.4 Å². The molecule has 0 aromatic heterocycles. The molecular formula is C16H30. The topological polar surface area (TPSA) is 0 Å².